The second-order valence-electron chi connectivity index (χ2n) is 7.96. The van der Waals surface area contributed by atoms with Crippen LogP contribution in [0.15, 0.2) is 47.4 Å². The molecular formula is C23H29FO4S. The number of halogens is 1. The summed E-state index contributed by atoms with van der Waals surface area (Å²) in [6.45, 7) is 3.97. The van der Waals surface area contributed by atoms with Crippen LogP contribution in [0.3, 0.4) is 0 Å². The van der Waals surface area contributed by atoms with E-state index in [1.165, 1.54) is 19.2 Å². The lowest BCUT2D eigenvalue weighted by Crippen LogP contribution is -2.42. The third kappa shape index (κ3) is 4.05. The number of hydrogen-bond donors (Lipinski definition) is 1. The Kier molecular flexibility index (Phi) is 6.34. The highest BCUT2D eigenvalue weighted by Crippen LogP contribution is 2.49. The van der Waals surface area contributed by atoms with Crippen molar-refractivity contribution in [3.8, 4) is 5.75 Å². The number of benzene rings is 2. The molecule has 0 unspecified atom stereocenters. The fraction of sp³-hybridized carbons (Fsp3) is 0.478. The highest BCUT2D eigenvalue weighted by atomic mass is 32.2. The first-order valence-electron chi connectivity index (χ1n) is 10.1. The Hall–Kier alpha value is -1.92. The maximum absolute atomic E-state index is 14.1. The quantitative estimate of drug-likeness (QED) is 0.736. The van der Waals surface area contributed by atoms with Crippen LogP contribution in [0.25, 0.3) is 0 Å². The number of aliphatic hydroxyl groups is 1. The van der Waals surface area contributed by atoms with Crippen molar-refractivity contribution >= 4 is 9.84 Å². The molecule has 0 fully saturated rings. The van der Waals surface area contributed by atoms with Gasteiger partial charge in [0.05, 0.1) is 23.9 Å². The first kappa shape index (κ1) is 21.8. The number of methoxy groups -OCH3 is 1. The van der Waals surface area contributed by atoms with Crippen molar-refractivity contribution in [2.24, 2.45) is 5.41 Å². The number of rotatable bonds is 6. The number of aliphatic hydroxyl groups excluding tert-OH is 1. The molecule has 4 nitrogen and oxygen atoms in total. The summed E-state index contributed by atoms with van der Waals surface area (Å²) < 4.78 is 46.2. The van der Waals surface area contributed by atoms with Crippen molar-refractivity contribution in [1.82, 2.24) is 0 Å². The standard InChI is InChI=1S/C23H29FO4S/c1-4-6-12-23(5-2)15-29(26,27)20-11-10-18(28-3)14-19(20)21(22(23)25)16-8-7-9-17(24)13-16/h7-11,13-14,21-22,25H,4-6,12,15H2,1-3H3/t21-,22-,23+/m0/s1. The first-order chi connectivity index (χ1) is 13.8. The normalized spacial score (nSPS) is 25.8. The summed E-state index contributed by atoms with van der Waals surface area (Å²) in [6.07, 6.45) is 1.86. The maximum atomic E-state index is 14.1. The summed E-state index contributed by atoms with van der Waals surface area (Å²) in [5.74, 6) is -0.695. The second kappa shape index (κ2) is 8.44. The minimum absolute atomic E-state index is 0.122. The molecule has 3 rings (SSSR count). The van der Waals surface area contributed by atoms with Crippen molar-refractivity contribution in [2.75, 3.05) is 12.9 Å². The number of sulfone groups is 1. The Bertz CT molecular complexity index is 973. The highest BCUT2D eigenvalue weighted by Gasteiger charge is 2.49. The van der Waals surface area contributed by atoms with Crippen molar-refractivity contribution < 1.29 is 22.7 Å². The van der Waals surface area contributed by atoms with Crippen LogP contribution in [0.1, 0.15) is 56.6 Å². The zero-order valence-electron chi connectivity index (χ0n) is 17.2. The Morgan fingerprint density at radius 2 is 1.97 bits per heavy atom. The molecule has 3 atom stereocenters. The van der Waals surface area contributed by atoms with Gasteiger partial charge in [0, 0.05) is 11.3 Å². The molecule has 0 spiro atoms. The average molecular weight is 421 g/mol. The van der Waals surface area contributed by atoms with Crippen molar-refractivity contribution in [3.05, 3.63) is 59.4 Å². The van der Waals surface area contributed by atoms with Gasteiger partial charge >= 0.3 is 0 Å². The van der Waals surface area contributed by atoms with Gasteiger partial charge < -0.3 is 9.84 Å². The van der Waals surface area contributed by atoms with E-state index in [4.69, 9.17) is 4.74 Å². The molecule has 6 heteroatoms. The molecule has 0 aliphatic carbocycles. The summed E-state index contributed by atoms with van der Waals surface area (Å²) >= 11 is 0. The summed E-state index contributed by atoms with van der Waals surface area (Å²) in [7, 11) is -2.13. The second-order valence-corrected chi connectivity index (χ2v) is 9.92. The monoisotopic (exact) mass is 420 g/mol. The molecule has 0 bridgehead atoms. The van der Waals surface area contributed by atoms with E-state index in [2.05, 4.69) is 0 Å². The van der Waals surface area contributed by atoms with Crippen molar-refractivity contribution in [2.45, 2.75) is 56.4 Å². The van der Waals surface area contributed by atoms with Gasteiger partial charge in [0.25, 0.3) is 0 Å². The van der Waals surface area contributed by atoms with E-state index in [9.17, 15) is 17.9 Å². The van der Waals surface area contributed by atoms with E-state index < -0.39 is 33.1 Å². The Balaban J connectivity index is 2.31. The molecule has 1 N–H and O–H groups in total. The summed E-state index contributed by atoms with van der Waals surface area (Å²) in [6, 6.07) is 10.9. The Morgan fingerprint density at radius 3 is 2.59 bits per heavy atom. The predicted molar refractivity (Wildman–Crippen MR) is 112 cm³/mol. The lowest BCUT2D eigenvalue weighted by Gasteiger charge is -2.39. The van der Waals surface area contributed by atoms with Crippen LogP contribution in [-0.4, -0.2) is 32.5 Å². The van der Waals surface area contributed by atoms with E-state index in [0.717, 1.165) is 12.8 Å². The largest absolute Gasteiger partial charge is 0.497 e. The molecule has 1 heterocycles. The van der Waals surface area contributed by atoms with Crippen molar-refractivity contribution in [1.29, 1.82) is 0 Å². The smallest absolute Gasteiger partial charge is 0.179 e. The van der Waals surface area contributed by atoms with Crippen LogP contribution in [0.2, 0.25) is 0 Å². The molecule has 2 aromatic carbocycles. The van der Waals surface area contributed by atoms with Crippen LogP contribution in [0.5, 0.6) is 5.75 Å². The van der Waals surface area contributed by atoms with Gasteiger partial charge in [0.15, 0.2) is 9.84 Å². The van der Waals surface area contributed by atoms with E-state index in [1.807, 2.05) is 13.8 Å². The Morgan fingerprint density at radius 1 is 1.21 bits per heavy atom. The van der Waals surface area contributed by atoms with Crippen molar-refractivity contribution in [3.63, 3.8) is 0 Å². The van der Waals surface area contributed by atoms with Crippen LogP contribution < -0.4 is 4.74 Å². The summed E-state index contributed by atoms with van der Waals surface area (Å²) in [4.78, 5) is 0.193. The minimum atomic E-state index is -3.65. The molecule has 0 radical (unpaired) electrons. The summed E-state index contributed by atoms with van der Waals surface area (Å²) in [5, 5.41) is 11.6. The summed E-state index contributed by atoms with van der Waals surface area (Å²) in [5.41, 5.74) is 0.227. The van der Waals surface area contributed by atoms with Gasteiger partial charge in [0.2, 0.25) is 0 Å². The topological polar surface area (TPSA) is 63.6 Å². The maximum Gasteiger partial charge on any atom is 0.179 e. The van der Waals surface area contributed by atoms with Crippen LogP contribution in [0, 0.1) is 11.2 Å². The molecule has 29 heavy (non-hydrogen) atoms. The van der Waals surface area contributed by atoms with E-state index >= 15 is 0 Å². The number of unbranched alkanes of at least 4 members (excludes halogenated alkanes) is 1. The molecule has 1 aliphatic rings. The van der Waals surface area contributed by atoms with Crippen LogP contribution >= 0.6 is 0 Å². The molecule has 0 saturated carbocycles. The number of ether oxygens (including phenoxy) is 1. The van der Waals surface area contributed by atoms with Gasteiger partial charge in [-0.3, -0.25) is 0 Å². The molecular weight excluding hydrogens is 391 g/mol. The van der Waals surface area contributed by atoms with Gasteiger partial charge in [-0.1, -0.05) is 38.8 Å². The first-order valence-corrected chi connectivity index (χ1v) is 11.8. The minimum Gasteiger partial charge on any atom is -0.497 e. The fourth-order valence-electron chi connectivity index (χ4n) is 4.54. The van der Waals surface area contributed by atoms with Gasteiger partial charge in [-0.15, -0.1) is 0 Å². The van der Waals surface area contributed by atoms with Gasteiger partial charge in [0.1, 0.15) is 11.6 Å². The van der Waals surface area contributed by atoms with E-state index in [-0.39, 0.29) is 10.6 Å². The molecule has 0 amide bonds. The third-order valence-corrected chi connectivity index (χ3v) is 8.24. The Labute approximate surface area is 172 Å². The number of fused-ring (bicyclic) bond motifs is 1. The fourth-order valence-corrected chi connectivity index (χ4v) is 6.80. The molecule has 0 saturated heterocycles. The SMILES string of the molecule is CCCC[C@]1(CC)CS(=O)(=O)c2ccc(OC)cc2[C@H](c2cccc(F)c2)[C@@H]1O. The lowest BCUT2D eigenvalue weighted by molar-refractivity contribution is 0.0173. The molecule has 2 aromatic rings. The van der Waals surface area contributed by atoms with Gasteiger partial charge in [-0.2, -0.15) is 0 Å². The average Bonchev–Trinajstić information content (AvgIpc) is 2.77. The van der Waals surface area contributed by atoms with Crippen LogP contribution in [-0.2, 0) is 9.84 Å². The zero-order valence-corrected chi connectivity index (χ0v) is 18.0. The van der Waals surface area contributed by atoms with E-state index in [1.54, 1.807) is 30.3 Å². The van der Waals surface area contributed by atoms with E-state index in [0.29, 0.717) is 29.7 Å². The van der Waals surface area contributed by atoms with Crippen LogP contribution in [0.4, 0.5) is 4.39 Å². The number of hydrogen-bond acceptors (Lipinski definition) is 4. The molecule has 0 aromatic heterocycles. The lowest BCUT2D eigenvalue weighted by atomic mass is 9.69. The highest BCUT2D eigenvalue weighted by molar-refractivity contribution is 7.91. The zero-order chi connectivity index (χ0) is 21.2. The third-order valence-electron chi connectivity index (χ3n) is 6.25. The van der Waals surface area contributed by atoms with Gasteiger partial charge in [-0.25, -0.2) is 12.8 Å². The van der Waals surface area contributed by atoms with Gasteiger partial charge in [-0.05, 0) is 54.3 Å². The predicted octanol–water partition coefficient (Wildman–Crippen LogP) is 4.70. The molecule has 1 aliphatic heterocycles. The molecule has 158 valence electrons.